The van der Waals surface area contributed by atoms with E-state index < -0.39 is 0 Å². The number of hydrogen-bond donors (Lipinski definition) is 0. The Kier molecular flexibility index (Phi) is 4.25. The summed E-state index contributed by atoms with van der Waals surface area (Å²) in [5, 5.41) is 0. The van der Waals surface area contributed by atoms with Crippen molar-refractivity contribution in [3.8, 4) is 0 Å². The van der Waals surface area contributed by atoms with Gasteiger partial charge >= 0.3 is 0 Å². The molecule has 0 saturated carbocycles. The molecular formula is C19H20N4O. The molecule has 1 aliphatic rings. The van der Waals surface area contributed by atoms with Crippen molar-refractivity contribution in [3.63, 3.8) is 0 Å². The summed E-state index contributed by atoms with van der Waals surface area (Å²) in [6.45, 7) is 4.43. The molecule has 0 bridgehead atoms. The number of anilines is 1. The molecular weight excluding hydrogens is 300 g/mol. The van der Waals surface area contributed by atoms with Crippen molar-refractivity contribution in [1.82, 2.24) is 14.9 Å². The van der Waals surface area contributed by atoms with Gasteiger partial charge in [0.1, 0.15) is 11.6 Å². The van der Waals surface area contributed by atoms with Gasteiger partial charge in [0.05, 0.1) is 12.8 Å². The number of fused-ring (bicyclic) bond motifs is 1. The number of aromatic nitrogens is 2. The monoisotopic (exact) mass is 320 g/mol. The summed E-state index contributed by atoms with van der Waals surface area (Å²) >= 11 is 0. The third-order valence-electron chi connectivity index (χ3n) is 4.30. The highest BCUT2D eigenvalue weighted by Crippen LogP contribution is 2.24. The minimum atomic E-state index is 0.821. The zero-order chi connectivity index (χ0) is 16.2. The van der Waals surface area contributed by atoms with Gasteiger partial charge in [-0.15, -0.1) is 0 Å². The Hall–Kier alpha value is -2.66. The van der Waals surface area contributed by atoms with Gasteiger partial charge in [-0.2, -0.15) is 0 Å². The predicted molar refractivity (Wildman–Crippen MR) is 92.3 cm³/mol. The fourth-order valence-electron chi connectivity index (χ4n) is 3.15. The van der Waals surface area contributed by atoms with E-state index in [0.29, 0.717) is 0 Å². The van der Waals surface area contributed by atoms with E-state index in [9.17, 15) is 0 Å². The topological polar surface area (TPSA) is 45.4 Å². The highest BCUT2D eigenvalue weighted by atomic mass is 16.3. The summed E-state index contributed by atoms with van der Waals surface area (Å²) in [4.78, 5) is 13.6. The second-order valence-electron chi connectivity index (χ2n) is 6.06. The summed E-state index contributed by atoms with van der Waals surface area (Å²) in [5.41, 5.74) is 2.46. The molecule has 5 heteroatoms. The largest absolute Gasteiger partial charge is 0.468 e. The third kappa shape index (κ3) is 3.31. The fraction of sp³-hybridized carbons (Fsp3) is 0.263. The van der Waals surface area contributed by atoms with Crippen LogP contribution in [0.1, 0.15) is 16.9 Å². The number of furan rings is 1. The molecule has 4 rings (SSSR count). The molecule has 0 saturated heterocycles. The Morgan fingerprint density at radius 2 is 1.96 bits per heavy atom. The minimum Gasteiger partial charge on any atom is -0.468 e. The second-order valence-corrected chi connectivity index (χ2v) is 6.06. The van der Waals surface area contributed by atoms with Gasteiger partial charge in [0, 0.05) is 50.3 Å². The normalized spacial score (nSPS) is 15.1. The predicted octanol–water partition coefficient (Wildman–Crippen LogP) is 3.09. The van der Waals surface area contributed by atoms with Crippen LogP contribution < -0.4 is 4.90 Å². The van der Waals surface area contributed by atoms with Crippen molar-refractivity contribution in [1.29, 1.82) is 0 Å². The van der Waals surface area contributed by atoms with E-state index in [4.69, 9.17) is 4.42 Å². The van der Waals surface area contributed by atoms with Gasteiger partial charge < -0.3 is 9.32 Å². The molecule has 3 aromatic rings. The van der Waals surface area contributed by atoms with Crippen molar-refractivity contribution >= 4 is 5.82 Å². The molecule has 3 aromatic heterocycles. The van der Waals surface area contributed by atoms with Gasteiger partial charge in [0.15, 0.2) is 0 Å². The SMILES string of the molecule is c1cncc(CN2CCN(Cc3ccco3)Cc3cccnc32)c1. The van der Waals surface area contributed by atoms with Gasteiger partial charge in [-0.25, -0.2) is 4.98 Å². The molecule has 4 heterocycles. The zero-order valence-corrected chi connectivity index (χ0v) is 13.5. The molecule has 0 unspecified atom stereocenters. The second kappa shape index (κ2) is 6.84. The lowest BCUT2D eigenvalue weighted by Crippen LogP contribution is -2.31. The lowest BCUT2D eigenvalue weighted by Gasteiger charge is -2.23. The highest BCUT2D eigenvalue weighted by molar-refractivity contribution is 5.48. The van der Waals surface area contributed by atoms with E-state index in [1.54, 1.807) is 6.26 Å². The molecule has 0 amide bonds. The van der Waals surface area contributed by atoms with Crippen molar-refractivity contribution in [2.45, 2.75) is 19.6 Å². The van der Waals surface area contributed by atoms with Gasteiger partial charge in [-0.1, -0.05) is 12.1 Å². The summed E-state index contributed by atoms with van der Waals surface area (Å²) in [5.74, 6) is 2.07. The van der Waals surface area contributed by atoms with Crippen molar-refractivity contribution in [2.24, 2.45) is 0 Å². The molecule has 0 aliphatic carbocycles. The molecule has 5 nitrogen and oxygen atoms in total. The van der Waals surface area contributed by atoms with E-state index in [1.165, 1.54) is 11.1 Å². The molecule has 0 radical (unpaired) electrons. The van der Waals surface area contributed by atoms with Crippen molar-refractivity contribution in [3.05, 3.63) is 78.1 Å². The number of pyridine rings is 2. The average molecular weight is 320 g/mol. The Morgan fingerprint density at radius 1 is 1.00 bits per heavy atom. The van der Waals surface area contributed by atoms with E-state index in [0.717, 1.165) is 44.3 Å². The average Bonchev–Trinajstić information content (AvgIpc) is 3.06. The molecule has 122 valence electrons. The van der Waals surface area contributed by atoms with E-state index in [-0.39, 0.29) is 0 Å². The first-order chi connectivity index (χ1) is 11.9. The van der Waals surface area contributed by atoms with Crippen LogP contribution in [0.25, 0.3) is 0 Å². The maximum atomic E-state index is 5.51. The van der Waals surface area contributed by atoms with E-state index in [1.807, 2.05) is 42.9 Å². The van der Waals surface area contributed by atoms with Crippen LogP contribution >= 0.6 is 0 Å². The lowest BCUT2D eigenvalue weighted by molar-refractivity contribution is 0.245. The standard InChI is InChI=1S/C19H20N4O/c1-4-16(12-20-7-1)13-23-10-9-22(15-18-6-3-11-24-18)14-17-5-2-8-21-19(17)23/h1-8,11-12H,9-10,13-15H2. The smallest absolute Gasteiger partial charge is 0.133 e. The first-order valence-electron chi connectivity index (χ1n) is 8.21. The molecule has 24 heavy (non-hydrogen) atoms. The van der Waals surface area contributed by atoms with E-state index >= 15 is 0 Å². The number of rotatable bonds is 4. The lowest BCUT2D eigenvalue weighted by atomic mass is 10.2. The van der Waals surface area contributed by atoms with Crippen LogP contribution in [0.15, 0.2) is 65.7 Å². The first kappa shape index (κ1) is 14.9. The Balaban J connectivity index is 1.56. The Morgan fingerprint density at radius 3 is 2.79 bits per heavy atom. The summed E-state index contributed by atoms with van der Waals surface area (Å²) in [6.07, 6.45) is 7.34. The van der Waals surface area contributed by atoms with Crippen LogP contribution in [0.2, 0.25) is 0 Å². The Bertz CT molecular complexity index is 773. The summed E-state index contributed by atoms with van der Waals surface area (Å²) in [6, 6.07) is 12.2. The van der Waals surface area contributed by atoms with Gasteiger partial charge in [-0.3, -0.25) is 9.88 Å². The van der Waals surface area contributed by atoms with Crippen LogP contribution in [0.4, 0.5) is 5.82 Å². The fourth-order valence-corrected chi connectivity index (χ4v) is 3.15. The summed E-state index contributed by atoms with van der Waals surface area (Å²) < 4.78 is 5.51. The van der Waals surface area contributed by atoms with Gasteiger partial charge in [-0.05, 0) is 29.8 Å². The quantitative estimate of drug-likeness (QED) is 0.739. The third-order valence-corrected chi connectivity index (χ3v) is 4.30. The Labute approximate surface area is 141 Å². The first-order valence-corrected chi connectivity index (χ1v) is 8.21. The summed E-state index contributed by atoms with van der Waals surface area (Å²) in [7, 11) is 0. The zero-order valence-electron chi connectivity index (χ0n) is 13.5. The molecule has 0 atom stereocenters. The van der Waals surface area contributed by atoms with Gasteiger partial charge in [0.2, 0.25) is 0 Å². The molecule has 0 N–H and O–H groups in total. The van der Waals surface area contributed by atoms with Crippen molar-refractivity contribution < 1.29 is 4.42 Å². The maximum Gasteiger partial charge on any atom is 0.133 e. The van der Waals surface area contributed by atoms with Crippen LogP contribution in [-0.4, -0.2) is 28.0 Å². The maximum absolute atomic E-state index is 5.51. The molecule has 0 aromatic carbocycles. The van der Waals surface area contributed by atoms with Gasteiger partial charge in [0.25, 0.3) is 0 Å². The van der Waals surface area contributed by atoms with Crippen LogP contribution in [0, 0.1) is 0 Å². The molecule has 0 spiro atoms. The van der Waals surface area contributed by atoms with Crippen molar-refractivity contribution in [2.75, 3.05) is 18.0 Å². The molecule has 1 aliphatic heterocycles. The highest BCUT2D eigenvalue weighted by Gasteiger charge is 2.21. The minimum absolute atomic E-state index is 0.821. The van der Waals surface area contributed by atoms with Crippen LogP contribution in [-0.2, 0) is 19.6 Å². The number of hydrogen-bond acceptors (Lipinski definition) is 5. The van der Waals surface area contributed by atoms with Crippen LogP contribution in [0.5, 0.6) is 0 Å². The molecule has 0 fully saturated rings. The van der Waals surface area contributed by atoms with E-state index in [2.05, 4.69) is 31.9 Å². The number of nitrogens with zero attached hydrogens (tertiary/aromatic N) is 4. The van der Waals surface area contributed by atoms with Crippen LogP contribution in [0.3, 0.4) is 0 Å².